The number of aliphatic hydroxyl groups is 2. The Morgan fingerprint density at radius 1 is 1.43 bits per heavy atom. The van der Waals surface area contributed by atoms with Gasteiger partial charge in [-0.05, 0) is 18.6 Å². The van der Waals surface area contributed by atoms with Crippen LogP contribution in [0.15, 0.2) is 12.1 Å². The zero-order valence-corrected chi connectivity index (χ0v) is 7.45. The van der Waals surface area contributed by atoms with Crippen molar-refractivity contribution in [2.75, 3.05) is 0 Å². The molecule has 0 aliphatic carbocycles. The fraction of sp³-hybridized carbons (Fsp3) is 0.222. The molecule has 0 atom stereocenters. The summed E-state index contributed by atoms with van der Waals surface area (Å²) in [5.74, 6) is -0.478. The Balaban J connectivity index is 2.84. The Morgan fingerprint density at radius 2 is 2.14 bits per heavy atom. The van der Waals surface area contributed by atoms with Crippen LogP contribution in [0, 0.1) is 12.7 Å². The van der Waals surface area contributed by atoms with Gasteiger partial charge in [0.1, 0.15) is 5.52 Å². The largest absolute Gasteiger partial charge is 0.363 e. The van der Waals surface area contributed by atoms with Crippen LogP contribution in [0.1, 0.15) is 17.5 Å². The Morgan fingerprint density at radius 3 is 2.79 bits per heavy atom. The van der Waals surface area contributed by atoms with Gasteiger partial charge in [-0.2, -0.15) is 5.10 Å². The second-order valence-corrected chi connectivity index (χ2v) is 3.10. The van der Waals surface area contributed by atoms with Crippen molar-refractivity contribution in [3.05, 3.63) is 29.2 Å². The van der Waals surface area contributed by atoms with Crippen LogP contribution >= 0.6 is 0 Å². The van der Waals surface area contributed by atoms with Crippen molar-refractivity contribution in [1.29, 1.82) is 0 Å². The third kappa shape index (κ3) is 1.18. The molecule has 4 nitrogen and oxygen atoms in total. The fourth-order valence-corrected chi connectivity index (χ4v) is 1.47. The monoisotopic (exact) mass is 196 g/mol. The molecule has 0 fully saturated rings. The molecule has 0 radical (unpaired) electrons. The van der Waals surface area contributed by atoms with E-state index in [4.69, 9.17) is 10.2 Å². The number of aryl methyl sites for hydroxylation is 1. The average Bonchev–Trinajstić information content (AvgIpc) is 2.56. The van der Waals surface area contributed by atoms with E-state index in [9.17, 15) is 4.39 Å². The van der Waals surface area contributed by atoms with Crippen molar-refractivity contribution in [3.8, 4) is 0 Å². The molecule has 1 heterocycles. The minimum Gasteiger partial charge on any atom is -0.363 e. The number of aliphatic hydroxyl groups excluding tert-OH is 1. The van der Waals surface area contributed by atoms with Crippen LogP contribution in [0.5, 0.6) is 0 Å². The van der Waals surface area contributed by atoms with Gasteiger partial charge < -0.3 is 10.2 Å². The Kier molecular flexibility index (Phi) is 1.98. The lowest BCUT2D eigenvalue weighted by molar-refractivity contribution is -0.0447. The number of rotatable bonds is 1. The van der Waals surface area contributed by atoms with Crippen LogP contribution in [0.3, 0.4) is 0 Å². The minimum absolute atomic E-state index is 0.122. The van der Waals surface area contributed by atoms with Crippen molar-refractivity contribution < 1.29 is 14.6 Å². The molecule has 0 amide bonds. The summed E-state index contributed by atoms with van der Waals surface area (Å²) in [5.41, 5.74) is 1.00. The first-order valence-electron chi connectivity index (χ1n) is 4.10. The topological polar surface area (TPSA) is 69.1 Å². The highest BCUT2D eigenvalue weighted by molar-refractivity contribution is 5.85. The van der Waals surface area contributed by atoms with Gasteiger partial charge in [-0.3, -0.25) is 5.10 Å². The lowest BCUT2D eigenvalue weighted by atomic mass is 10.1. The molecule has 74 valence electrons. The summed E-state index contributed by atoms with van der Waals surface area (Å²) in [6.45, 7) is 1.75. The van der Waals surface area contributed by atoms with E-state index >= 15 is 0 Å². The molecule has 0 aliphatic heterocycles. The molecule has 14 heavy (non-hydrogen) atoms. The number of halogens is 1. The predicted molar refractivity (Wildman–Crippen MR) is 48.0 cm³/mol. The Bertz CT molecular complexity index is 479. The van der Waals surface area contributed by atoms with E-state index in [1.165, 1.54) is 6.07 Å². The van der Waals surface area contributed by atoms with Gasteiger partial charge in [0.05, 0.1) is 5.69 Å². The second kappa shape index (κ2) is 3.04. The molecule has 0 saturated heterocycles. The van der Waals surface area contributed by atoms with E-state index in [0.717, 1.165) is 5.56 Å². The lowest BCUT2D eigenvalue weighted by Gasteiger charge is -2.02. The number of hydrogen-bond acceptors (Lipinski definition) is 3. The zero-order valence-electron chi connectivity index (χ0n) is 7.45. The summed E-state index contributed by atoms with van der Waals surface area (Å²) in [6, 6.07) is 2.87. The number of hydrogen-bond donors (Lipinski definition) is 3. The molecule has 2 aromatic rings. The number of nitrogens with one attached hydrogen (secondary N) is 1. The first-order chi connectivity index (χ1) is 6.61. The van der Waals surface area contributed by atoms with Crippen molar-refractivity contribution in [2.45, 2.75) is 13.2 Å². The van der Waals surface area contributed by atoms with E-state index in [1.807, 2.05) is 0 Å². The number of benzene rings is 1. The SMILES string of the molecule is Cc1ccc(F)c2n[nH]c(C(O)O)c12. The predicted octanol–water partition coefficient (Wildman–Crippen LogP) is 0.994. The normalized spacial score (nSPS) is 11.5. The maximum Gasteiger partial charge on any atom is 0.196 e. The smallest absolute Gasteiger partial charge is 0.196 e. The van der Waals surface area contributed by atoms with Crippen LogP contribution < -0.4 is 0 Å². The van der Waals surface area contributed by atoms with Crippen LogP contribution in [0.2, 0.25) is 0 Å². The molecule has 0 aliphatic rings. The van der Waals surface area contributed by atoms with Crippen LogP contribution in [-0.2, 0) is 0 Å². The van der Waals surface area contributed by atoms with Gasteiger partial charge in [0.15, 0.2) is 12.1 Å². The summed E-state index contributed by atoms with van der Waals surface area (Å²) in [4.78, 5) is 0. The average molecular weight is 196 g/mol. The minimum atomic E-state index is -1.67. The molecular weight excluding hydrogens is 187 g/mol. The van der Waals surface area contributed by atoms with Crippen molar-refractivity contribution in [1.82, 2.24) is 10.2 Å². The molecule has 3 N–H and O–H groups in total. The van der Waals surface area contributed by atoms with Gasteiger partial charge in [0, 0.05) is 5.39 Å². The third-order valence-electron chi connectivity index (χ3n) is 2.15. The molecular formula is C9H9FN2O2. The maximum absolute atomic E-state index is 13.2. The summed E-state index contributed by atoms with van der Waals surface area (Å²) < 4.78 is 13.2. The third-order valence-corrected chi connectivity index (χ3v) is 2.15. The Labute approximate surface area is 79.0 Å². The molecule has 5 heteroatoms. The van der Waals surface area contributed by atoms with Crippen LogP contribution in [-0.4, -0.2) is 20.4 Å². The molecule has 1 aromatic heterocycles. The van der Waals surface area contributed by atoms with E-state index in [0.29, 0.717) is 5.39 Å². The first kappa shape index (κ1) is 9.11. The highest BCUT2D eigenvalue weighted by Crippen LogP contribution is 2.25. The van der Waals surface area contributed by atoms with Crippen LogP contribution in [0.4, 0.5) is 4.39 Å². The van der Waals surface area contributed by atoms with Crippen LogP contribution in [0.25, 0.3) is 10.9 Å². The highest BCUT2D eigenvalue weighted by Gasteiger charge is 2.15. The molecule has 1 aromatic carbocycles. The number of aromatic amines is 1. The summed E-state index contributed by atoms with van der Waals surface area (Å²) in [5, 5.41) is 24.5. The van der Waals surface area contributed by atoms with E-state index in [2.05, 4.69) is 10.2 Å². The second-order valence-electron chi connectivity index (χ2n) is 3.10. The fourth-order valence-electron chi connectivity index (χ4n) is 1.47. The summed E-state index contributed by atoms with van der Waals surface area (Å²) >= 11 is 0. The number of aromatic nitrogens is 2. The van der Waals surface area contributed by atoms with Crippen molar-refractivity contribution in [2.24, 2.45) is 0 Å². The first-order valence-corrected chi connectivity index (χ1v) is 4.10. The molecule has 0 bridgehead atoms. The number of nitrogens with zero attached hydrogens (tertiary/aromatic N) is 1. The highest BCUT2D eigenvalue weighted by atomic mass is 19.1. The summed E-state index contributed by atoms with van der Waals surface area (Å²) in [7, 11) is 0. The number of fused-ring (bicyclic) bond motifs is 1. The molecule has 0 spiro atoms. The van der Waals surface area contributed by atoms with Gasteiger partial charge in [-0.1, -0.05) is 6.07 Å². The van der Waals surface area contributed by atoms with Crippen molar-refractivity contribution in [3.63, 3.8) is 0 Å². The van der Waals surface area contributed by atoms with Gasteiger partial charge in [-0.25, -0.2) is 4.39 Å². The molecule has 0 saturated carbocycles. The van der Waals surface area contributed by atoms with E-state index < -0.39 is 12.1 Å². The van der Waals surface area contributed by atoms with E-state index in [-0.39, 0.29) is 11.2 Å². The molecule has 0 unspecified atom stereocenters. The van der Waals surface area contributed by atoms with Gasteiger partial charge in [0.25, 0.3) is 0 Å². The van der Waals surface area contributed by atoms with E-state index in [1.54, 1.807) is 13.0 Å². The maximum atomic E-state index is 13.2. The zero-order chi connectivity index (χ0) is 10.3. The summed E-state index contributed by atoms with van der Waals surface area (Å²) in [6.07, 6.45) is -1.67. The quantitative estimate of drug-likeness (QED) is 0.596. The standard InChI is InChI=1S/C9H9FN2O2/c1-4-2-3-5(10)7-6(4)8(9(13)14)12-11-7/h2-3,9,13-14H,1H3,(H,11,12). The molecule has 2 rings (SSSR count). The number of H-pyrrole nitrogens is 1. The Hall–Kier alpha value is -1.46. The van der Waals surface area contributed by atoms with Gasteiger partial charge in [-0.15, -0.1) is 0 Å². The van der Waals surface area contributed by atoms with Crippen molar-refractivity contribution >= 4 is 10.9 Å². The van der Waals surface area contributed by atoms with Gasteiger partial charge in [0.2, 0.25) is 0 Å². The van der Waals surface area contributed by atoms with Gasteiger partial charge >= 0.3 is 0 Å². The lowest BCUT2D eigenvalue weighted by Crippen LogP contribution is -1.96.